The van der Waals surface area contributed by atoms with E-state index < -0.39 is 0 Å². The molecular weight excluding hydrogens is 258 g/mol. The van der Waals surface area contributed by atoms with E-state index in [0.29, 0.717) is 0 Å². The SMILES string of the molecule is CCCNCc1ccncc1N1CCCc2ccccc21. The number of para-hydroxylation sites is 1. The van der Waals surface area contributed by atoms with E-state index in [1.54, 1.807) is 0 Å². The molecule has 0 spiro atoms. The van der Waals surface area contributed by atoms with Gasteiger partial charge in [0.15, 0.2) is 0 Å². The average Bonchev–Trinajstić information content (AvgIpc) is 2.55. The first-order valence-electron chi connectivity index (χ1n) is 7.89. The highest BCUT2D eigenvalue weighted by atomic mass is 15.2. The van der Waals surface area contributed by atoms with Crippen molar-refractivity contribution in [1.82, 2.24) is 10.3 Å². The van der Waals surface area contributed by atoms with Gasteiger partial charge in [0.05, 0.1) is 11.9 Å². The lowest BCUT2D eigenvalue weighted by Crippen LogP contribution is -2.26. The van der Waals surface area contributed by atoms with E-state index in [1.807, 2.05) is 12.4 Å². The zero-order valence-electron chi connectivity index (χ0n) is 12.7. The number of benzene rings is 1. The maximum Gasteiger partial charge on any atom is 0.0642 e. The van der Waals surface area contributed by atoms with Crippen LogP contribution >= 0.6 is 0 Å². The van der Waals surface area contributed by atoms with Crippen LogP contribution in [0, 0.1) is 0 Å². The Labute approximate surface area is 127 Å². The van der Waals surface area contributed by atoms with Crippen molar-refractivity contribution in [3.05, 3.63) is 53.9 Å². The van der Waals surface area contributed by atoms with E-state index >= 15 is 0 Å². The van der Waals surface area contributed by atoms with Crippen molar-refractivity contribution in [3.63, 3.8) is 0 Å². The molecule has 1 aromatic carbocycles. The zero-order valence-corrected chi connectivity index (χ0v) is 12.7. The van der Waals surface area contributed by atoms with Crippen molar-refractivity contribution in [3.8, 4) is 0 Å². The summed E-state index contributed by atoms with van der Waals surface area (Å²) < 4.78 is 0. The van der Waals surface area contributed by atoms with Crippen molar-refractivity contribution >= 4 is 11.4 Å². The van der Waals surface area contributed by atoms with Gasteiger partial charge in [0.25, 0.3) is 0 Å². The molecule has 1 aliphatic heterocycles. The summed E-state index contributed by atoms with van der Waals surface area (Å²) >= 11 is 0. The Morgan fingerprint density at radius 3 is 3.00 bits per heavy atom. The molecule has 3 heteroatoms. The summed E-state index contributed by atoms with van der Waals surface area (Å²) in [5.41, 5.74) is 5.36. The first-order chi connectivity index (χ1) is 10.4. The van der Waals surface area contributed by atoms with E-state index in [4.69, 9.17) is 0 Å². The molecule has 3 nitrogen and oxygen atoms in total. The normalized spacial score (nSPS) is 14.0. The number of nitrogens with one attached hydrogen (secondary N) is 1. The molecule has 0 saturated carbocycles. The Hall–Kier alpha value is -1.87. The molecule has 1 aromatic heterocycles. The Morgan fingerprint density at radius 2 is 2.10 bits per heavy atom. The summed E-state index contributed by atoms with van der Waals surface area (Å²) in [5, 5.41) is 3.50. The number of nitrogens with zero attached hydrogens (tertiary/aromatic N) is 2. The molecule has 3 rings (SSSR count). The quantitative estimate of drug-likeness (QED) is 0.848. The predicted molar refractivity (Wildman–Crippen MR) is 88.0 cm³/mol. The molecule has 0 bridgehead atoms. The predicted octanol–water partition coefficient (Wildman–Crippen LogP) is 3.67. The van der Waals surface area contributed by atoms with Crippen LogP contribution in [0.2, 0.25) is 0 Å². The van der Waals surface area contributed by atoms with Crippen molar-refractivity contribution in [2.75, 3.05) is 18.0 Å². The molecule has 110 valence electrons. The van der Waals surface area contributed by atoms with Crippen LogP contribution in [-0.2, 0) is 13.0 Å². The molecule has 21 heavy (non-hydrogen) atoms. The molecule has 1 aliphatic rings. The van der Waals surface area contributed by atoms with E-state index in [0.717, 1.165) is 26.1 Å². The number of aryl methyl sites for hydroxylation is 1. The highest BCUT2D eigenvalue weighted by Gasteiger charge is 2.19. The second-order valence-electron chi connectivity index (χ2n) is 5.57. The zero-order chi connectivity index (χ0) is 14.5. The molecule has 0 amide bonds. The maximum atomic E-state index is 4.35. The van der Waals surface area contributed by atoms with Crippen LogP contribution in [0.3, 0.4) is 0 Å². The van der Waals surface area contributed by atoms with E-state index in [-0.39, 0.29) is 0 Å². The number of pyridine rings is 1. The molecule has 0 aliphatic carbocycles. The third-order valence-corrected chi connectivity index (χ3v) is 4.03. The highest BCUT2D eigenvalue weighted by molar-refractivity contribution is 5.69. The molecular formula is C18H23N3. The molecule has 2 heterocycles. The molecule has 2 aromatic rings. The summed E-state index contributed by atoms with van der Waals surface area (Å²) in [6.07, 6.45) is 7.43. The molecule has 0 fully saturated rings. The van der Waals surface area contributed by atoms with Crippen molar-refractivity contribution in [1.29, 1.82) is 0 Å². The van der Waals surface area contributed by atoms with Crippen LogP contribution < -0.4 is 10.2 Å². The summed E-state index contributed by atoms with van der Waals surface area (Å²) in [6.45, 7) is 5.23. The van der Waals surface area contributed by atoms with Gasteiger partial charge in [-0.05, 0) is 49.1 Å². The molecule has 0 saturated heterocycles. The third kappa shape index (κ3) is 3.08. The third-order valence-electron chi connectivity index (χ3n) is 4.03. The molecule has 0 radical (unpaired) electrons. The van der Waals surface area contributed by atoms with Crippen LogP contribution in [0.25, 0.3) is 0 Å². The Bertz CT molecular complexity index is 595. The minimum atomic E-state index is 0.907. The van der Waals surface area contributed by atoms with E-state index in [2.05, 4.69) is 52.5 Å². The van der Waals surface area contributed by atoms with Gasteiger partial charge in [0, 0.05) is 25.0 Å². The monoisotopic (exact) mass is 281 g/mol. The van der Waals surface area contributed by atoms with Crippen LogP contribution in [0.4, 0.5) is 11.4 Å². The van der Waals surface area contributed by atoms with Gasteiger partial charge in [-0.3, -0.25) is 4.98 Å². The fourth-order valence-corrected chi connectivity index (χ4v) is 2.99. The first-order valence-corrected chi connectivity index (χ1v) is 7.89. The van der Waals surface area contributed by atoms with Gasteiger partial charge in [-0.15, -0.1) is 0 Å². The smallest absolute Gasteiger partial charge is 0.0642 e. The van der Waals surface area contributed by atoms with Gasteiger partial charge >= 0.3 is 0 Å². The van der Waals surface area contributed by atoms with Crippen LogP contribution in [-0.4, -0.2) is 18.1 Å². The number of rotatable bonds is 5. The number of aromatic nitrogens is 1. The fraction of sp³-hybridized carbons (Fsp3) is 0.389. The fourth-order valence-electron chi connectivity index (χ4n) is 2.99. The van der Waals surface area contributed by atoms with Gasteiger partial charge in [0.2, 0.25) is 0 Å². The summed E-state index contributed by atoms with van der Waals surface area (Å²) in [7, 11) is 0. The minimum absolute atomic E-state index is 0.907. The highest BCUT2D eigenvalue weighted by Crippen LogP contribution is 2.34. The van der Waals surface area contributed by atoms with Crippen molar-refractivity contribution in [2.45, 2.75) is 32.7 Å². The second-order valence-corrected chi connectivity index (χ2v) is 5.57. The summed E-state index contributed by atoms with van der Waals surface area (Å²) in [6, 6.07) is 10.9. The number of hydrogen-bond acceptors (Lipinski definition) is 3. The van der Waals surface area contributed by atoms with Crippen LogP contribution in [0.1, 0.15) is 30.9 Å². The van der Waals surface area contributed by atoms with E-state index in [1.165, 1.54) is 35.3 Å². The van der Waals surface area contributed by atoms with Gasteiger partial charge in [-0.1, -0.05) is 25.1 Å². The maximum absolute atomic E-state index is 4.35. The van der Waals surface area contributed by atoms with Crippen molar-refractivity contribution < 1.29 is 0 Å². The van der Waals surface area contributed by atoms with Gasteiger partial charge in [-0.2, -0.15) is 0 Å². The Balaban J connectivity index is 1.91. The molecule has 1 N–H and O–H groups in total. The van der Waals surface area contributed by atoms with Gasteiger partial charge in [0.1, 0.15) is 0 Å². The largest absolute Gasteiger partial charge is 0.340 e. The Morgan fingerprint density at radius 1 is 1.19 bits per heavy atom. The lowest BCUT2D eigenvalue weighted by molar-refractivity contribution is 0.671. The number of anilines is 2. The average molecular weight is 281 g/mol. The van der Waals surface area contributed by atoms with Crippen LogP contribution in [0.15, 0.2) is 42.7 Å². The van der Waals surface area contributed by atoms with Crippen LogP contribution in [0.5, 0.6) is 0 Å². The second kappa shape index (κ2) is 6.72. The summed E-state index contributed by atoms with van der Waals surface area (Å²) in [4.78, 5) is 6.78. The topological polar surface area (TPSA) is 28.2 Å². The lowest BCUT2D eigenvalue weighted by Gasteiger charge is -2.32. The number of hydrogen-bond donors (Lipinski definition) is 1. The van der Waals surface area contributed by atoms with Crippen molar-refractivity contribution in [2.24, 2.45) is 0 Å². The minimum Gasteiger partial charge on any atom is -0.340 e. The molecule has 0 unspecified atom stereocenters. The summed E-state index contributed by atoms with van der Waals surface area (Å²) in [5.74, 6) is 0. The standard InChI is InChI=1S/C18H23N3/c1-2-10-19-13-16-9-11-20-14-18(16)21-12-5-7-15-6-3-4-8-17(15)21/h3-4,6,8-9,11,14,19H,2,5,7,10,12-13H2,1H3. The first kappa shape index (κ1) is 14.1. The van der Waals surface area contributed by atoms with Gasteiger partial charge in [-0.25, -0.2) is 0 Å². The lowest BCUT2D eigenvalue weighted by atomic mass is 10.0. The van der Waals surface area contributed by atoms with E-state index in [9.17, 15) is 0 Å². The number of fused-ring (bicyclic) bond motifs is 1. The molecule has 0 atom stereocenters. The van der Waals surface area contributed by atoms with Gasteiger partial charge < -0.3 is 10.2 Å². The Kier molecular flexibility index (Phi) is 4.51.